The molecule has 0 amide bonds. The van der Waals surface area contributed by atoms with Crippen molar-refractivity contribution >= 4 is 10.4 Å². The maximum atomic E-state index is 9.33. The van der Waals surface area contributed by atoms with Crippen LogP contribution in [-0.4, -0.2) is 51.6 Å². The van der Waals surface area contributed by atoms with Crippen molar-refractivity contribution in [2.75, 3.05) is 33.5 Å². The SMILES string of the molecule is COS(=O)(=O)O.NOCCOCCO. The van der Waals surface area contributed by atoms with Gasteiger partial charge in [0.15, 0.2) is 0 Å². The van der Waals surface area contributed by atoms with E-state index in [4.69, 9.17) is 14.4 Å². The van der Waals surface area contributed by atoms with Crippen molar-refractivity contribution in [2.24, 2.45) is 5.90 Å². The summed E-state index contributed by atoms with van der Waals surface area (Å²) in [4.78, 5) is 4.18. The predicted molar refractivity (Wildman–Crippen MR) is 46.6 cm³/mol. The maximum Gasteiger partial charge on any atom is 0.397 e. The molecule has 0 aliphatic rings. The summed E-state index contributed by atoms with van der Waals surface area (Å²) < 4.78 is 34.5. The normalized spacial score (nSPS) is 10.6. The molecule has 0 rings (SSSR count). The van der Waals surface area contributed by atoms with Gasteiger partial charge in [-0.3, -0.25) is 8.74 Å². The van der Waals surface area contributed by atoms with Gasteiger partial charge in [-0.25, -0.2) is 5.90 Å². The molecule has 0 aliphatic carbocycles. The van der Waals surface area contributed by atoms with Gasteiger partial charge < -0.3 is 14.7 Å². The van der Waals surface area contributed by atoms with Crippen LogP contribution in [0.15, 0.2) is 0 Å². The summed E-state index contributed by atoms with van der Waals surface area (Å²) >= 11 is 0. The topological polar surface area (TPSA) is 128 Å². The maximum absolute atomic E-state index is 9.33. The zero-order valence-electron chi connectivity index (χ0n) is 7.75. The number of ether oxygens (including phenoxy) is 1. The standard InChI is InChI=1S/C4H11NO3.CH4O4S/c5-8-4-3-7-2-1-6;1-5-6(2,3)4/h6H,1-5H2;1H3,(H,2,3,4). The highest BCUT2D eigenvalue weighted by atomic mass is 32.3. The average molecular weight is 233 g/mol. The van der Waals surface area contributed by atoms with Crippen LogP contribution in [0.25, 0.3) is 0 Å². The lowest BCUT2D eigenvalue weighted by molar-refractivity contribution is 0.0330. The average Bonchev–Trinajstić information content (AvgIpc) is 2.13. The molecule has 0 atom stereocenters. The number of aliphatic hydroxyl groups is 1. The van der Waals surface area contributed by atoms with Crippen LogP contribution in [0.2, 0.25) is 0 Å². The van der Waals surface area contributed by atoms with E-state index >= 15 is 0 Å². The monoisotopic (exact) mass is 233 g/mol. The largest absolute Gasteiger partial charge is 0.397 e. The number of hydrogen-bond donors (Lipinski definition) is 3. The third-order valence-corrected chi connectivity index (χ3v) is 1.21. The summed E-state index contributed by atoms with van der Waals surface area (Å²) in [5.41, 5.74) is 0. The first-order valence-electron chi connectivity index (χ1n) is 3.51. The fourth-order valence-corrected chi connectivity index (χ4v) is 0.274. The van der Waals surface area contributed by atoms with Crippen molar-refractivity contribution in [3.05, 3.63) is 0 Å². The number of rotatable bonds is 6. The Morgan fingerprint density at radius 1 is 1.29 bits per heavy atom. The molecule has 8 nitrogen and oxygen atoms in total. The molecule has 0 aliphatic heterocycles. The number of aliphatic hydroxyl groups excluding tert-OH is 1. The molecule has 4 N–H and O–H groups in total. The fraction of sp³-hybridized carbons (Fsp3) is 1.00. The molecule has 0 saturated heterocycles. The van der Waals surface area contributed by atoms with Gasteiger partial charge in [0.25, 0.3) is 0 Å². The van der Waals surface area contributed by atoms with Gasteiger partial charge in [0, 0.05) is 0 Å². The van der Waals surface area contributed by atoms with Gasteiger partial charge >= 0.3 is 10.4 Å². The third-order valence-electron chi connectivity index (χ3n) is 0.792. The molecule has 88 valence electrons. The molecular weight excluding hydrogens is 218 g/mol. The van der Waals surface area contributed by atoms with Crippen molar-refractivity contribution in [3.63, 3.8) is 0 Å². The summed E-state index contributed by atoms with van der Waals surface area (Å²) in [5.74, 6) is 4.67. The first kappa shape index (κ1) is 16.2. The van der Waals surface area contributed by atoms with E-state index in [9.17, 15) is 8.42 Å². The van der Waals surface area contributed by atoms with Crippen molar-refractivity contribution in [1.82, 2.24) is 0 Å². The smallest absolute Gasteiger partial charge is 0.394 e. The highest BCUT2D eigenvalue weighted by Crippen LogP contribution is 1.75. The lowest BCUT2D eigenvalue weighted by atomic mass is 10.7. The van der Waals surface area contributed by atoms with Crippen molar-refractivity contribution in [1.29, 1.82) is 0 Å². The van der Waals surface area contributed by atoms with Crippen LogP contribution in [0.3, 0.4) is 0 Å². The second-order valence-electron chi connectivity index (χ2n) is 1.80. The van der Waals surface area contributed by atoms with Gasteiger partial charge in [0.2, 0.25) is 0 Å². The van der Waals surface area contributed by atoms with Gasteiger partial charge in [-0.05, 0) is 0 Å². The number of hydrogen-bond acceptors (Lipinski definition) is 7. The zero-order chi connectivity index (χ0) is 11.4. The first-order valence-corrected chi connectivity index (χ1v) is 4.87. The Kier molecular flexibility index (Phi) is 12.4. The third kappa shape index (κ3) is 22.6. The molecule has 0 saturated carbocycles. The summed E-state index contributed by atoms with van der Waals surface area (Å²) in [5, 5.41) is 8.17. The molecule has 0 fully saturated rings. The minimum absolute atomic E-state index is 0.0462. The van der Waals surface area contributed by atoms with Crippen LogP contribution < -0.4 is 5.90 Å². The van der Waals surface area contributed by atoms with Gasteiger partial charge in [-0.1, -0.05) is 0 Å². The van der Waals surface area contributed by atoms with E-state index in [1.54, 1.807) is 0 Å². The molecule has 0 aromatic rings. The van der Waals surface area contributed by atoms with E-state index in [1.807, 2.05) is 0 Å². The highest BCUT2D eigenvalue weighted by molar-refractivity contribution is 7.80. The van der Waals surface area contributed by atoms with E-state index in [-0.39, 0.29) is 6.61 Å². The van der Waals surface area contributed by atoms with Crippen molar-refractivity contribution in [2.45, 2.75) is 0 Å². The van der Waals surface area contributed by atoms with E-state index in [0.717, 1.165) is 7.11 Å². The molecule has 0 radical (unpaired) electrons. The van der Waals surface area contributed by atoms with Gasteiger partial charge in [0.1, 0.15) is 0 Å². The fourth-order valence-electron chi connectivity index (χ4n) is 0.274. The van der Waals surface area contributed by atoms with Crippen molar-refractivity contribution in [3.8, 4) is 0 Å². The van der Waals surface area contributed by atoms with E-state index in [0.29, 0.717) is 19.8 Å². The zero-order valence-corrected chi connectivity index (χ0v) is 8.57. The Hall–Kier alpha value is -0.290. The molecule has 0 bridgehead atoms. The second-order valence-corrected chi connectivity index (χ2v) is 2.99. The van der Waals surface area contributed by atoms with Gasteiger partial charge in [-0.2, -0.15) is 8.42 Å². The van der Waals surface area contributed by atoms with Crippen LogP contribution in [0.4, 0.5) is 0 Å². The summed E-state index contributed by atoms with van der Waals surface area (Å²) in [6.07, 6.45) is 0. The molecule has 14 heavy (non-hydrogen) atoms. The Morgan fingerprint density at radius 3 is 2.07 bits per heavy atom. The van der Waals surface area contributed by atoms with Crippen molar-refractivity contribution < 1.29 is 31.8 Å². The first-order chi connectivity index (χ1) is 6.47. The lowest BCUT2D eigenvalue weighted by Gasteiger charge is -1.97. The van der Waals surface area contributed by atoms with E-state index in [1.165, 1.54) is 0 Å². The lowest BCUT2D eigenvalue weighted by Crippen LogP contribution is -2.09. The Bertz CT molecular complexity index is 186. The Labute approximate surface area is 82.5 Å². The summed E-state index contributed by atoms with van der Waals surface area (Å²) in [6.45, 7) is 1.21. The Morgan fingerprint density at radius 2 is 1.79 bits per heavy atom. The molecule has 0 aromatic carbocycles. The van der Waals surface area contributed by atoms with E-state index < -0.39 is 10.4 Å². The van der Waals surface area contributed by atoms with Crippen LogP contribution >= 0.6 is 0 Å². The summed E-state index contributed by atoms with van der Waals surface area (Å²) in [7, 11) is -3.29. The second kappa shape index (κ2) is 10.8. The minimum Gasteiger partial charge on any atom is -0.394 e. The molecule has 0 heterocycles. The summed E-state index contributed by atoms with van der Waals surface area (Å²) in [6, 6.07) is 0. The quantitative estimate of drug-likeness (QED) is 0.282. The molecule has 0 spiro atoms. The minimum atomic E-state index is -4.16. The van der Waals surface area contributed by atoms with Crippen LogP contribution in [0.1, 0.15) is 0 Å². The highest BCUT2D eigenvalue weighted by Gasteiger charge is 1.94. The van der Waals surface area contributed by atoms with Gasteiger partial charge in [0.05, 0.1) is 33.5 Å². The number of nitrogens with two attached hydrogens (primary N) is 1. The van der Waals surface area contributed by atoms with Gasteiger partial charge in [-0.15, -0.1) is 0 Å². The Balaban J connectivity index is 0. The molecule has 9 heteroatoms. The molecule has 0 aromatic heterocycles. The molecule has 0 unspecified atom stereocenters. The molecular formula is C5H15NO7S. The van der Waals surface area contributed by atoms with Crippen LogP contribution in [0, 0.1) is 0 Å². The predicted octanol–water partition coefficient (Wildman–Crippen LogP) is -1.68. The van der Waals surface area contributed by atoms with Crippen LogP contribution in [0.5, 0.6) is 0 Å². The van der Waals surface area contributed by atoms with E-state index in [2.05, 4.69) is 14.9 Å². The van der Waals surface area contributed by atoms with Crippen LogP contribution in [-0.2, 0) is 24.2 Å².